The summed E-state index contributed by atoms with van der Waals surface area (Å²) in [6.07, 6.45) is -19.1. The van der Waals surface area contributed by atoms with E-state index in [9.17, 15) is 74.7 Å². The van der Waals surface area contributed by atoms with E-state index < -0.39 is 160 Å². The van der Waals surface area contributed by atoms with Crippen LogP contribution in [0.4, 0.5) is 0 Å². The molecule has 0 aromatic heterocycles. The van der Waals surface area contributed by atoms with E-state index in [4.69, 9.17) is 30.4 Å². The molecule has 0 bridgehead atoms. The van der Waals surface area contributed by atoms with Gasteiger partial charge >= 0.3 is 0 Å². The molecular weight excluding hydrogens is 943 g/mol. The molecule has 2 saturated heterocycles. The van der Waals surface area contributed by atoms with Crippen LogP contribution in [0.15, 0.2) is 54.6 Å². The number of aliphatic hydroxyl groups is 8. The molecule has 26 nitrogen and oxygen atoms in total. The molecule has 2 aliphatic heterocycles. The minimum Gasteiger partial charge on any atom is -0.508 e. The highest BCUT2D eigenvalue weighted by molar-refractivity contribution is 5.95. The van der Waals surface area contributed by atoms with Gasteiger partial charge in [0.05, 0.1) is 38.5 Å². The highest BCUT2D eigenvalue weighted by Gasteiger charge is 2.51. The number of primary amides is 1. The highest BCUT2D eigenvalue weighted by atomic mass is 16.7. The molecule has 26 heteroatoms. The molecular formula is C45H67N7O19. The number of phenols is 1. The van der Waals surface area contributed by atoms with Gasteiger partial charge in [-0.25, -0.2) is 0 Å². The number of amides is 6. The summed E-state index contributed by atoms with van der Waals surface area (Å²) < 4.78 is 22.0. The molecule has 18 N–H and O–H groups in total. The number of hydrogen-bond donors (Lipinski definition) is 16. The highest BCUT2D eigenvalue weighted by Crippen LogP contribution is 2.29. The van der Waals surface area contributed by atoms with E-state index in [0.717, 1.165) is 0 Å². The van der Waals surface area contributed by atoms with Crippen LogP contribution in [0.3, 0.4) is 0 Å². The maximum absolute atomic E-state index is 14.0. The fourth-order valence-corrected chi connectivity index (χ4v) is 7.55. The van der Waals surface area contributed by atoms with Crippen LogP contribution in [0.25, 0.3) is 0 Å². The molecule has 2 aromatic carbocycles. The number of rotatable bonds is 25. The van der Waals surface area contributed by atoms with Gasteiger partial charge < -0.3 is 103 Å². The van der Waals surface area contributed by atoms with Crippen LogP contribution in [0, 0.1) is 5.92 Å². The first kappa shape index (κ1) is 58.1. The molecule has 6 amide bonds. The summed E-state index contributed by atoms with van der Waals surface area (Å²) in [5.41, 5.74) is 12.8. The van der Waals surface area contributed by atoms with E-state index in [-0.39, 0.29) is 30.9 Å². The molecule has 0 aliphatic carbocycles. The second-order valence-electron chi connectivity index (χ2n) is 17.7. The number of nitrogens with one attached hydrogen (secondary N) is 5. The van der Waals surface area contributed by atoms with E-state index in [2.05, 4.69) is 26.6 Å². The van der Waals surface area contributed by atoms with E-state index in [1.165, 1.54) is 19.1 Å². The summed E-state index contributed by atoms with van der Waals surface area (Å²) in [6, 6.07) is 7.29. The number of ether oxygens (including phenoxy) is 4. The SMILES string of the molecule is CC(C)C[C@H](NC(=O)[C@H](Cc1ccccc1)NC(=O)CNC(=O)[C@H](NC(=O)[C@@H](N)Cc1ccc(O)cc1)[C@@H](C)O)C(=O)N[C@@H](CO[C@@H]1O[C@H](CO)[C@@H](O[C@@H]2O[C@H](CO)[C@H](O)[C@H](O)[C@H]2O)[C@H](O)[C@H]1O)C(N)=O. The van der Waals surface area contributed by atoms with Crippen LogP contribution >= 0.6 is 0 Å². The molecule has 71 heavy (non-hydrogen) atoms. The van der Waals surface area contributed by atoms with Gasteiger partial charge in [0, 0.05) is 6.42 Å². The average molecular weight is 1010 g/mol. The topological polar surface area (TPSA) is 434 Å². The van der Waals surface area contributed by atoms with Gasteiger partial charge in [-0.15, -0.1) is 0 Å². The molecule has 0 saturated carbocycles. The van der Waals surface area contributed by atoms with Crippen molar-refractivity contribution >= 4 is 35.4 Å². The fourth-order valence-electron chi connectivity index (χ4n) is 7.55. The normalized spacial score (nSPS) is 26.9. The van der Waals surface area contributed by atoms with Gasteiger partial charge in [0.25, 0.3) is 0 Å². The quantitative estimate of drug-likeness (QED) is 0.0439. The predicted octanol–water partition coefficient (Wildman–Crippen LogP) is -6.89. The van der Waals surface area contributed by atoms with Gasteiger partial charge in [0.2, 0.25) is 35.4 Å². The molecule has 2 fully saturated rings. The second-order valence-corrected chi connectivity index (χ2v) is 17.7. The van der Waals surface area contributed by atoms with Crippen LogP contribution in [0.2, 0.25) is 0 Å². The Hall–Kier alpha value is -5.46. The number of hydrogen-bond acceptors (Lipinski definition) is 20. The third-order valence-electron chi connectivity index (χ3n) is 11.5. The Kier molecular flexibility index (Phi) is 22.4. The lowest BCUT2D eigenvalue weighted by Gasteiger charge is -2.46. The number of aliphatic hydroxyl groups excluding tert-OH is 8. The lowest BCUT2D eigenvalue weighted by Crippen LogP contribution is -2.65. The lowest BCUT2D eigenvalue weighted by atomic mass is 9.97. The Morgan fingerprint density at radius 3 is 1.83 bits per heavy atom. The molecule has 0 unspecified atom stereocenters. The molecule has 2 heterocycles. The molecule has 16 atom stereocenters. The van der Waals surface area contributed by atoms with Crippen LogP contribution in [0.5, 0.6) is 5.75 Å². The van der Waals surface area contributed by atoms with Crippen molar-refractivity contribution in [1.29, 1.82) is 0 Å². The first-order valence-electron chi connectivity index (χ1n) is 22.8. The van der Waals surface area contributed by atoms with Crippen molar-refractivity contribution in [2.24, 2.45) is 17.4 Å². The number of aromatic hydroxyl groups is 1. The molecule has 0 radical (unpaired) electrons. The van der Waals surface area contributed by atoms with Crippen molar-refractivity contribution in [1.82, 2.24) is 26.6 Å². The van der Waals surface area contributed by atoms with Gasteiger partial charge in [-0.2, -0.15) is 0 Å². The van der Waals surface area contributed by atoms with Crippen molar-refractivity contribution in [2.75, 3.05) is 26.4 Å². The number of phenolic OH excluding ortho intramolecular Hbond substituents is 1. The smallest absolute Gasteiger partial charge is 0.245 e. The summed E-state index contributed by atoms with van der Waals surface area (Å²) in [7, 11) is 0. The van der Waals surface area contributed by atoms with Gasteiger partial charge in [0.1, 0.15) is 78.7 Å². The number of nitrogens with two attached hydrogens (primary N) is 2. The molecule has 396 valence electrons. The number of benzene rings is 2. The minimum atomic E-state index is -1.98. The van der Waals surface area contributed by atoms with Gasteiger partial charge in [-0.1, -0.05) is 56.3 Å². The van der Waals surface area contributed by atoms with Crippen molar-refractivity contribution in [3.8, 4) is 5.75 Å². The molecule has 0 spiro atoms. The second kappa shape index (κ2) is 27.4. The van der Waals surface area contributed by atoms with Gasteiger partial charge in [0.15, 0.2) is 12.6 Å². The van der Waals surface area contributed by atoms with E-state index in [1.54, 1.807) is 56.3 Å². The van der Waals surface area contributed by atoms with Crippen molar-refractivity contribution in [3.63, 3.8) is 0 Å². The largest absolute Gasteiger partial charge is 0.508 e. The maximum Gasteiger partial charge on any atom is 0.245 e. The van der Waals surface area contributed by atoms with Gasteiger partial charge in [-0.05, 0) is 48.9 Å². The molecule has 2 aliphatic rings. The third-order valence-corrected chi connectivity index (χ3v) is 11.5. The summed E-state index contributed by atoms with van der Waals surface area (Å²) >= 11 is 0. The van der Waals surface area contributed by atoms with Gasteiger partial charge in [-0.3, -0.25) is 28.8 Å². The third kappa shape index (κ3) is 16.8. The van der Waals surface area contributed by atoms with Crippen molar-refractivity contribution < 1.29 is 93.7 Å². The Morgan fingerprint density at radius 2 is 1.24 bits per heavy atom. The summed E-state index contributed by atoms with van der Waals surface area (Å²) in [5.74, 6) is -5.80. The number of carbonyl (C=O) groups excluding carboxylic acids is 6. The van der Waals surface area contributed by atoms with Crippen LogP contribution < -0.4 is 38.1 Å². The van der Waals surface area contributed by atoms with Crippen LogP contribution in [0.1, 0.15) is 38.3 Å². The van der Waals surface area contributed by atoms with E-state index in [1.807, 2.05) is 0 Å². The Morgan fingerprint density at radius 1 is 0.662 bits per heavy atom. The Labute approximate surface area is 408 Å². The van der Waals surface area contributed by atoms with Crippen LogP contribution in [-0.2, 0) is 60.6 Å². The first-order chi connectivity index (χ1) is 33.5. The summed E-state index contributed by atoms with van der Waals surface area (Å²) in [5, 5.41) is 104. The van der Waals surface area contributed by atoms with E-state index >= 15 is 0 Å². The Bertz CT molecular complexity index is 2050. The minimum absolute atomic E-state index is 0.00959. The average Bonchev–Trinajstić information content (AvgIpc) is 3.33. The zero-order valence-corrected chi connectivity index (χ0v) is 39.2. The Balaban J connectivity index is 1.39. The van der Waals surface area contributed by atoms with Crippen molar-refractivity contribution in [2.45, 2.75) is 138 Å². The standard InChI is InChI=1S/C45H67N7O19/c1-20(2)13-26(41(65)51-28(39(47)63)19-68-44-37(62)35(60)38(30(18-54)70-44)71-45-36(61)34(59)33(58)29(17-53)69-45)50-42(66)27(15-22-7-5-4-6-8-22)49-31(57)16-48-43(67)32(21(3)55)52-40(64)25(46)14-23-9-11-24(56)12-10-23/h4-12,20-21,25-30,32-38,44-45,53-56,58-62H,13-19,46H2,1-3H3,(H2,47,63)(H,48,67)(H,49,57)(H,50,66)(H,51,65)(H,52,64)/t21-,25+,26+,27+,28+,29-,30-,32-,33+,34+,35-,36-,37-,38-,44-,45+/m1/s1. The summed E-state index contributed by atoms with van der Waals surface area (Å²) in [4.78, 5) is 79.8. The number of carbonyl (C=O) groups is 6. The van der Waals surface area contributed by atoms with Crippen molar-refractivity contribution in [3.05, 3.63) is 65.7 Å². The van der Waals surface area contributed by atoms with Crippen LogP contribution in [-0.4, -0.2) is 205 Å². The summed E-state index contributed by atoms with van der Waals surface area (Å²) in [6.45, 7) is 1.50. The lowest BCUT2D eigenvalue weighted by molar-refractivity contribution is -0.359. The molecule has 2 aromatic rings. The first-order valence-corrected chi connectivity index (χ1v) is 22.8. The van der Waals surface area contributed by atoms with E-state index in [0.29, 0.717) is 11.1 Å². The monoisotopic (exact) mass is 1010 g/mol. The fraction of sp³-hybridized carbons (Fsp3) is 0.600. The zero-order valence-electron chi connectivity index (χ0n) is 39.2. The predicted molar refractivity (Wildman–Crippen MR) is 243 cm³/mol. The maximum atomic E-state index is 14.0. The molecule has 4 rings (SSSR count). The zero-order chi connectivity index (χ0) is 52.7.